The number of nitrogens with two attached hydrogens (primary N) is 1. The van der Waals surface area contributed by atoms with Gasteiger partial charge in [-0.15, -0.1) is 0 Å². The largest absolute Gasteiger partial charge is 0.387 e. The van der Waals surface area contributed by atoms with E-state index in [0.29, 0.717) is 11.5 Å². The Kier molecular flexibility index (Phi) is 3.08. The van der Waals surface area contributed by atoms with E-state index in [9.17, 15) is 4.79 Å². The topological polar surface area (TPSA) is 98.7 Å². The lowest BCUT2D eigenvalue weighted by atomic mass is 10.3. The van der Waals surface area contributed by atoms with E-state index in [4.69, 9.17) is 5.73 Å². The van der Waals surface area contributed by atoms with Crippen molar-refractivity contribution in [3.63, 3.8) is 0 Å². The molecule has 2 rings (SSSR count). The van der Waals surface area contributed by atoms with E-state index in [1.165, 1.54) is 9.99 Å². The summed E-state index contributed by atoms with van der Waals surface area (Å²) in [7, 11) is 0. The highest BCUT2D eigenvalue weighted by Crippen LogP contribution is 2.17. The Bertz CT molecular complexity index is 566. The Hall–Kier alpha value is -1.91. The number of aryl methyl sites for hydroxylation is 1. The molecule has 2 heterocycles. The standard InChI is InChI=1S/C9H10N6O.Al/c1-5-2-7(12-4-11-5)14-6-3-13-15-8(6)9(10)16;/h2-4H,1H3,(H4,10,11,12,13,14,15,16);/q;+1/p-1. The van der Waals surface area contributed by atoms with Crippen LogP contribution in [0.1, 0.15) is 16.2 Å². The molecule has 2 radical (unpaired) electrons. The van der Waals surface area contributed by atoms with Crippen LogP contribution in [0, 0.1) is 6.92 Å². The third kappa shape index (κ3) is 2.61. The van der Waals surface area contributed by atoms with Crippen molar-refractivity contribution in [1.82, 2.24) is 18.7 Å². The van der Waals surface area contributed by atoms with Crippen LogP contribution in [-0.4, -0.2) is 41.2 Å². The van der Waals surface area contributed by atoms with Gasteiger partial charge in [0, 0.05) is 18.0 Å². The maximum absolute atomic E-state index is 11.2. The van der Waals surface area contributed by atoms with Gasteiger partial charge in [0.1, 0.15) is 12.1 Å². The summed E-state index contributed by atoms with van der Waals surface area (Å²) in [6.07, 6.45) is 3.06. The van der Waals surface area contributed by atoms with Crippen molar-refractivity contribution in [2.45, 2.75) is 6.92 Å². The molecule has 3 N–H and O–H groups in total. The minimum Gasteiger partial charge on any atom is -0.387 e. The summed E-state index contributed by atoms with van der Waals surface area (Å²) in [4.78, 5) is 19.2. The van der Waals surface area contributed by atoms with Crippen molar-refractivity contribution in [2.24, 2.45) is 5.73 Å². The fourth-order valence-electron chi connectivity index (χ4n) is 1.33. The average molecular weight is 244 g/mol. The Morgan fingerprint density at radius 1 is 1.53 bits per heavy atom. The van der Waals surface area contributed by atoms with E-state index in [0.717, 1.165) is 5.69 Å². The molecule has 2 aromatic rings. The van der Waals surface area contributed by atoms with E-state index in [2.05, 4.69) is 36.9 Å². The number of carbonyl (C=O) groups excluding carboxylic acids is 1. The molecule has 0 aliphatic heterocycles. The summed E-state index contributed by atoms with van der Waals surface area (Å²) in [5.74, 6) is -0.0162. The van der Waals surface area contributed by atoms with Crippen molar-refractivity contribution < 1.29 is 4.79 Å². The van der Waals surface area contributed by atoms with Crippen LogP contribution < -0.4 is 11.1 Å². The smallest absolute Gasteiger partial charge is 0.353 e. The molecular formula is C9H9AlN6O. The molecular weight excluding hydrogens is 235 g/mol. The van der Waals surface area contributed by atoms with Crippen molar-refractivity contribution in [3.8, 4) is 0 Å². The van der Waals surface area contributed by atoms with Crippen molar-refractivity contribution in [3.05, 3.63) is 30.0 Å². The highest BCUT2D eigenvalue weighted by atomic mass is 27.1. The monoisotopic (exact) mass is 244 g/mol. The number of hydrogen-bond donors (Lipinski definition) is 2. The average Bonchev–Trinajstić information content (AvgIpc) is 2.59. The first-order valence-electron chi connectivity index (χ1n) is 4.76. The number of hydrogen-bond acceptors (Lipinski definition) is 5. The first kappa shape index (κ1) is 11.6. The molecule has 0 saturated carbocycles. The van der Waals surface area contributed by atoms with Crippen LogP contribution in [0.15, 0.2) is 18.6 Å². The van der Waals surface area contributed by atoms with Gasteiger partial charge in [-0.2, -0.15) is 5.10 Å². The molecule has 2 aromatic heterocycles. The third-order valence-electron chi connectivity index (χ3n) is 2.03. The summed E-state index contributed by atoms with van der Waals surface area (Å²) in [5, 5.41) is 6.89. The molecule has 0 aliphatic carbocycles. The van der Waals surface area contributed by atoms with Gasteiger partial charge in [-0.1, -0.05) is 0 Å². The van der Waals surface area contributed by atoms with E-state index in [1.807, 2.05) is 6.92 Å². The molecule has 7 nitrogen and oxygen atoms in total. The molecule has 1 amide bonds. The van der Waals surface area contributed by atoms with Gasteiger partial charge in [-0.05, 0) is 6.92 Å². The van der Waals surface area contributed by atoms with E-state index >= 15 is 0 Å². The molecule has 0 saturated heterocycles. The van der Waals surface area contributed by atoms with Crippen LogP contribution >= 0.6 is 0 Å². The van der Waals surface area contributed by atoms with E-state index in [1.54, 1.807) is 12.3 Å². The zero-order valence-corrected chi connectivity index (χ0v) is 10.2. The highest BCUT2D eigenvalue weighted by molar-refractivity contribution is 6.07. The fraction of sp³-hybridized carbons (Fsp3) is 0.111. The summed E-state index contributed by atoms with van der Waals surface area (Å²) in [5.41, 5.74) is 6.70. The van der Waals surface area contributed by atoms with Crippen LogP contribution in [0.4, 0.5) is 11.5 Å². The Labute approximate surface area is 106 Å². The number of nitrogens with zero attached hydrogens (tertiary/aromatic N) is 4. The Morgan fingerprint density at radius 3 is 2.94 bits per heavy atom. The van der Waals surface area contributed by atoms with Gasteiger partial charge in [0.05, 0.1) is 5.69 Å². The highest BCUT2D eigenvalue weighted by Gasteiger charge is 2.12. The zero-order chi connectivity index (χ0) is 12.4. The molecule has 84 valence electrons. The molecule has 0 spiro atoms. The van der Waals surface area contributed by atoms with Crippen molar-refractivity contribution >= 4 is 33.9 Å². The maximum Gasteiger partial charge on any atom is 0.353 e. The lowest BCUT2D eigenvalue weighted by Gasteiger charge is -2.03. The van der Waals surface area contributed by atoms with Crippen molar-refractivity contribution in [2.75, 3.05) is 5.32 Å². The molecule has 17 heavy (non-hydrogen) atoms. The minimum atomic E-state index is -0.598. The Balaban J connectivity index is 2.32. The van der Waals surface area contributed by atoms with Crippen LogP contribution in [0.5, 0.6) is 0 Å². The number of aromatic nitrogens is 4. The van der Waals surface area contributed by atoms with Gasteiger partial charge in [-0.3, -0.25) is 4.79 Å². The van der Waals surface area contributed by atoms with Gasteiger partial charge in [0.25, 0.3) is 5.91 Å². The van der Waals surface area contributed by atoms with Crippen LogP contribution in [0.2, 0.25) is 0 Å². The van der Waals surface area contributed by atoms with Gasteiger partial charge in [0.15, 0.2) is 5.69 Å². The summed E-state index contributed by atoms with van der Waals surface area (Å²) < 4.78 is 1.43. The molecule has 0 aromatic carbocycles. The van der Waals surface area contributed by atoms with Crippen LogP contribution in [-0.2, 0) is 0 Å². The first-order chi connectivity index (χ1) is 8.06. The van der Waals surface area contributed by atoms with E-state index in [-0.39, 0.29) is 5.69 Å². The van der Waals surface area contributed by atoms with Gasteiger partial charge in [-0.25, -0.2) is 9.97 Å². The molecule has 0 aliphatic rings. The normalized spacial score (nSPS) is 10.2. The lowest BCUT2D eigenvalue weighted by molar-refractivity contribution is 0.0996. The molecule has 0 fully saturated rings. The molecule has 0 atom stereocenters. The number of rotatable bonds is 3. The minimum absolute atomic E-state index is 0.163. The fourth-order valence-corrected chi connectivity index (χ4v) is 1.59. The number of carbonyl (C=O) groups is 1. The second-order valence-electron chi connectivity index (χ2n) is 3.41. The number of nitrogens with one attached hydrogen (secondary N) is 1. The molecule has 0 unspecified atom stereocenters. The second-order valence-corrected chi connectivity index (χ2v) is 3.93. The Morgan fingerprint density at radius 2 is 2.29 bits per heavy atom. The SMILES string of the molecule is Cc1cc(Nc2c[n]([Al])nc2C(N)=O)ncn1. The van der Waals surface area contributed by atoms with Crippen molar-refractivity contribution in [1.29, 1.82) is 0 Å². The molecule has 8 heteroatoms. The van der Waals surface area contributed by atoms with Crippen LogP contribution in [0.3, 0.4) is 0 Å². The summed E-state index contributed by atoms with van der Waals surface area (Å²) in [6, 6.07) is 1.75. The molecule has 0 bridgehead atoms. The summed E-state index contributed by atoms with van der Waals surface area (Å²) >= 11 is 2.33. The number of amides is 1. The predicted molar refractivity (Wildman–Crippen MR) is 61.9 cm³/mol. The van der Waals surface area contributed by atoms with Gasteiger partial charge in [0.2, 0.25) is 0 Å². The lowest BCUT2D eigenvalue weighted by Crippen LogP contribution is -2.14. The first-order valence-corrected chi connectivity index (χ1v) is 5.28. The van der Waals surface area contributed by atoms with Gasteiger partial charge >= 0.3 is 16.5 Å². The number of anilines is 2. The predicted octanol–water partition coefficient (Wildman–Crippen LogP) is -0.244. The summed E-state index contributed by atoms with van der Waals surface area (Å²) in [6.45, 7) is 1.85. The zero-order valence-electron chi connectivity index (χ0n) is 9.08. The third-order valence-corrected chi connectivity index (χ3v) is 2.30. The maximum atomic E-state index is 11.2. The number of primary amides is 1. The van der Waals surface area contributed by atoms with E-state index < -0.39 is 5.91 Å². The second kappa shape index (κ2) is 4.53. The van der Waals surface area contributed by atoms with Gasteiger partial charge < -0.3 is 14.7 Å². The quantitative estimate of drug-likeness (QED) is 0.726. The van der Waals surface area contributed by atoms with Crippen LogP contribution in [0.25, 0.3) is 0 Å².